The van der Waals surface area contributed by atoms with Crippen molar-refractivity contribution in [1.29, 1.82) is 0 Å². The number of benzene rings is 2. The molecule has 1 aromatic heterocycles. The van der Waals surface area contributed by atoms with E-state index in [2.05, 4.69) is 22.4 Å². The van der Waals surface area contributed by atoms with Crippen LogP contribution in [0.2, 0.25) is 0 Å². The summed E-state index contributed by atoms with van der Waals surface area (Å²) in [5.41, 5.74) is 6.41. The third-order valence-corrected chi connectivity index (χ3v) is 5.29. The number of rotatable bonds is 3. The molecular weight excluding hydrogens is 353 g/mol. The Bertz CT molecular complexity index is 1040. The average Bonchev–Trinajstić information content (AvgIpc) is 2.72. The Hall–Kier alpha value is -3.08. The standard InChI is InChI=1S/C23H22FN3O/c1-15-6-2-4-8-20(15)26-27-23(28)19-14-22(16-10-12-17(24)13-11-16)25-21-9-5-3-7-18(19)21/h3,5,7,9-15H,2,4,6,8H2,1H3,(H,27,28). The highest BCUT2D eigenvalue weighted by Crippen LogP contribution is 2.25. The van der Waals surface area contributed by atoms with Gasteiger partial charge in [0, 0.05) is 16.7 Å². The minimum absolute atomic E-state index is 0.257. The molecule has 0 aliphatic heterocycles. The number of carbonyl (C=O) groups excluding carboxylic acids is 1. The van der Waals surface area contributed by atoms with Crippen molar-refractivity contribution in [2.24, 2.45) is 11.0 Å². The SMILES string of the molecule is CC1CCCCC1=NNC(=O)c1cc(-c2ccc(F)cc2)nc2ccccc12. The summed E-state index contributed by atoms with van der Waals surface area (Å²) in [5, 5.41) is 5.17. The van der Waals surface area contributed by atoms with E-state index in [-0.39, 0.29) is 11.7 Å². The number of halogens is 1. The summed E-state index contributed by atoms with van der Waals surface area (Å²) < 4.78 is 13.3. The van der Waals surface area contributed by atoms with Gasteiger partial charge in [-0.05, 0) is 61.6 Å². The van der Waals surface area contributed by atoms with E-state index in [9.17, 15) is 9.18 Å². The lowest BCUT2D eigenvalue weighted by Crippen LogP contribution is -2.24. The van der Waals surface area contributed by atoms with Gasteiger partial charge in [-0.1, -0.05) is 31.5 Å². The number of amides is 1. The minimum atomic E-state index is -0.306. The summed E-state index contributed by atoms with van der Waals surface area (Å²) in [6, 6.07) is 15.4. The number of hydrogen-bond donors (Lipinski definition) is 1. The highest BCUT2D eigenvalue weighted by atomic mass is 19.1. The van der Waals surface area contributed by atoms with E-state index in [1.54, 1.807) is 18.2 Å². The van der Waals surface area contributed by atoms with Gasteiger partial charge in [-0.2, -0.15) is 5.10 Å². The van der Waals surface area contributed by atoms with Crippen LogP contribution in [0.15, 0.2) is 59.7 Å². The lowest BCUT2D eigenvalue weighted by atomic mass is 9.89. The van der Waals surface area contributed by atoms with Crippen LogP contribution in [0.5, 0.6) is 0 Å². The Morgan fingerprint density at radius 3 is 2.71 bits per heavy atom. The van der Waals surface area contributed by atoms with Gasteiger partial charge in [0.05, 0.1) is 16.8 Å². The van der Waals surface area contributed by atoms with Gasteiger partial charge in [0.1, 0.15) is 5.82 Å². The van der Waals surface area contributed by atoms with Gasteiger partial charge < -0.3 is 0 Å². The predicted molar refractivity (Wildman–Crippen MR) is 110 cm³/mol. The second-order valence-corrected chi connectivity index (χ2v) is 7.27. The molecule has 0 saturated heterocycles. The third kappa shape index (κ3) is 3.79. The number of pyridine rings is 1. The predicted octanol–water partition coefficient (Wildman–Crippen LogP) is 5.34. The lowest BCUT2D eigenvalue weighted by molar-refractivity contribution is 0.0956. The van der Waals surface area contributed by atoms with Crippen LogP contribution < -0.4 is 5.43 Å². The molecule has 1 aliphatic carbocycles. The van der Waals surface area contributed by atoms with Gasteiger partial charge in [0.15, 0.2) is 0 Å². The monoisotopic (exact) mass is 375 g/mol. The molecule has 4 rings (SSSR count). The maximum Gasteiger partial charge on any atom is 0.272 e. The highest BCUT2D eigenvalue weighted by molar-refractivity contribution is 6.07. The number of hydrogen-bond acceptors (Lipinski definition) is 3. The number of para-hydroxylation sites is 1. The van der Waals surface area contributed by atoms with Crippen molar-refractivity contribution in [3.05, 3.63) is 66.0 Å². The van der Waals surface area contributed by atoms with Crippen molar-refractivity contribution in [2.75, 3.05) is 0 Å². The molecule has 28 heavy (non-hydrogen) atoms. The normalized spacial score (nSPS) is 18.4. The largest absolute Gasteiger partial charge is 0.272 e. The molecule has 1 heterocycles. The molecule has 0 bridgehead atoms. The van der Waals surface area contributed by atoms with E-state index in [1.165, 1.54) is 18.6 Å². The molecular formula is C23H22FN3O. The van der Waals surface area contributed by atoms with E-state index in [4.69, 9.17) is 0 Å². The summed E-state index contributed by atoms with van der Waals surface area (Å²) in [7, 11) is 0. The summed E-state index contributed by atoms with van der Waals surface area (Å²) in [6.45, 7) is 2.15. The van der Waals surface area contributed by atoms with E-state index in [0.29, 0.717) is 22.7 Å². The maximum absolute atomic E-state index is 13.3. The van der Waals surface area contributed by atoms with Gasteiger partial charge in [0.25, 0.3) is 5.91 Å². The van der Waals surface area contributed by atoms with Crippen molar-refractivity contribution >= 4 is 22.5 Å². The van der Waals surface area contributed by atoms with E-state index in [0.717, 1.165) is 35.9 Å². The van der Waals surface area contributed by atoms with Crippen LogP contribution in [-0.4, -0.2) is 16.6 Å². The van der Waals surface area contributed by atoms with Crippen LogP contribution in [0.3, 0.4) is 0 Å². The van der Waals surface area contributed by atoms with E-state index in [1.807, 2.05) is 24.3 Å². The van der Waals surface area contributed by atoms with Crippen molar-refractivity contribution in [1.82, 2.24) is 10.4 Å². The van der Waals surface area contributed by atoms with Crippen LogP contribution in [-0.2, 0) is 0 Å². The lowest BCUT2D eigenvalue weighted by Gasteiger charge is -2.19. The van der Waals surface area contributed by atoms with Gasteiger partial charge in [-0.25, -0.2) is 14.8 Å². The Labute approximate surface area is 163 Å². The molecule has 1 atom stereocenters. The summed E-state index contributed by atoms with van der Waals surface area (Å²) in [4.78, 5) is 17.6. The molecule has 1 unspecified atom stereocenters. The Morgan fingerprint density at radius 1 is 1.14 bits per heavy atom. The molecule has 4 nitrogen and oxygen atoms in total. The third-order valence-electron chi connectivity index (χ3n) is 5.29. The molecule has 1 N–H and O–H groups in total. The first kappa shape index (κ1) is 18.3. The average molecular weight is 375 g/mol. The van der Waals surface area contributed by atoms with Crippen molar-refractivity contribution in [3.8, 4) is 11.3 Å². The van der Waals surface area contributed by atoms with E-state index < -0.39 is 0 Å². The molecule has 1 amide bonds. The zero-order valence-corrected chi connectivity index (χ0v) is 15.8. The first-order valence-corrected chi connectivity index (χ1v) is 9.64. The molecule has 5 heteroatoms. The fourth-order valence-corrected chi connectivity index (χ4v) is 3.65. The first-order valence-electron chi connectivity index (χ1n) is 9.64. The van der Waals surface area contributed by atoms with Crippen LogP contribution in [0.25, 0.3) is 22.2 Å². The van der Waals surface area contributed by atoms with Gasteiger partial charge in [0.2, 0.25) is 0 Å². The summed E-state index contributed by atoms with van der Waals surface area (Å²) in [6.07, 6.45) is 4.37. The fourth-order valence-electron chi connectivity index (χ4n) is 3.65. The molecule has 3 aromatic rings. The number of carbonyl (C=O) groups is 1. The Morgan fingerprint density at radius 2 is 1.93 bits per heavy atom. The van der Waals surface area contributed by atoms with Crippen LogP contribution in [0, 0.1) is 11.7 Å². The smallest absolute Gasteiger partial charge is 0.267 e. The summed E-state index contributed by atoms with van der Waals surface area (Å²) in [5.74, 6) is -0.162. The van der Waals surface area contributed by atoms with Gasteiger partial charge >= 0.3 is 0 Å². The number of hydrazone groups is 1. The van der Waals surface area contributed by atoms with Crippen LogP contribution in [0.4, 0.5) is 4.39 Å². The molecule has 0 spiro atoms. The Kier molecular flexibility index (Phi) is 5.15. The van der Waals surface area contributed by atoms with Crippen LogP contribution in [0.1, 0.15) is 43.0 Å². The molecule has 142 valence electrons. The number of nitrogens with one attached hydrogen (secondary N) is 1. The first-order chi connectivity index (χ1) is 13.6. The second kappa shape index (κ2) is 7.89. The number of fused-ring (bicyclic) bond motifs is 1. The maximum atomic E-state index is 13.3. The quantitative estimate of drug-likeness (QED) is 0.629. The number of nitrogens with zero attached hydrogens (tertiary/aromatic N) is 2. The second-order valence-electron chi connectivity index (χ2n) is 7.27. The van der Waals surface area contributed by atoms with Gasteiger partial charge in [-0.15, -0.1) is 0 Å². The highest BCUT2D eigenvalue weighted by Gasteiger charge is 2.18. The topological polar surface area (TPSA) is 54.4 Å². The van der Waals surface area contributed by atoms with Crippen molar-refractivity contribution in [3.63, 3.8) is 0 Å². The van der Waals surface area contributed by atoms with E-state index >= 15 is 0 Å². The zero-order valence-electron chi connectivity index (χ0n) is 15.8. The molecule has 1 saturated carbocycles. The minimum Gasteiger partial charge on any atom is -0.267 e. The summed E-state index contributed by atoms with van der Waals surface area (Å²) >= 11 is 0. The van der Waals surface area contributed by atoms with Gasteiger partial charge in [-0.3, -0.25) is 4.79 Å². The molecule has 0 radical (unpaired) electrons. The Balaban J connectivity index is 1.71. The molecule has 2 aromatic carbocycles. The van der Waals surface area contributed by atoms with Crippen molar-refractivity contribution in [2.45, 2.75) is 32.6 Å². The van der Waals surface area contributed by atoms with Crippen LogP contribution >= 0.6 is 0 Å². The van der Waals surface area contributed by atoms with Crippen molar-refractivity contribution < 1.29 is 9.18 Å². The zero-order chi connectivity index (χ0) is 19.5. The molecule has 1 aliphatic rings. The number of aromatic nitrogens is 1. The fraction of sp³-hybridized carbons (Fsp3) is 0.261. The molecule has 1 fully saturated rings.